The first kappa shape index (κ1) is 12.4. The second-order valence-electron chi connectivity index (χ2n) is 4.60. The number of aliphatic hydroxyl groups excluding tert-OH is 1. The fourth-order valence-corrected chi connectivity index (χ4v) is 2.28. The lowest BCUT2D eigenvalue weighted by Crippen LogP contribution is -2.45. The van der Waals surface area contributed by atoms with Crippen LogP contribution in [-0.4, -0.2) is 30.9 Å². The van der Waals surface area contributed by atoms with Gasteiger partial charge in [-0.25, -0.2) is 0 Å². The van der Waals surface area contributed by atoms with Crippen LogP contribution < -0.4 is 4.90 Å². The highest BCUT2D eigenvalue weighted by Crippen LogP contribution is 2.23. The summed E-state index contributed by atoms with van der Waals surface area (Å²) in [5.41, 5.74) is 2.19. The van der Waals surface area contributed by atoms with Crippen molar-refractivity contribution in [1.82, 2.24) is 0 Å². The molecule has 1 aromatic rings. The maximum atomic E-state index is 9.49. The van der Waals surface area contributed by atoms with Crippen molar-refractivity contribution in [1.29, 1.82) is 0 Å². The van der Waals surface area contributed by atoms with Gasteiger partial charge in [-0.3, -0.25) is 0 Å². The molecule has 0 aliphatic carbocycles. The molecule has 0 radical (unpaired) electrons. The summed E-state index contributed by atoms with van der Waals surface area (Å²) < 4.78 is 5.50. The van der Waals surface area contributed by atoms with Crippen LogP contribution in [0.4, 0.5) is 5.69 Å². The minimum atomic E-state index is -0.393. The predicted octanol–water partition coefficient (Wildman–Crippen LogP) is 2.36. The minimum absolute atomic E-state index is 0.393. The molecule has 0 saturated carbocycles. The first-order valence-electron chi connectivity index (χ1n) is 6.34. The van der Waals surface area contributed by atoms with Gasteiger partial charge in [0.1, 0.15) is 0 Å². The molecule has 94 valence electrons. The molecule has 1 saturated heterocycles. The topological polar surface area (TPSA) is 32.7 Å². The van der Waals surface area contributed by atoms with Gasteiger partial charge in [-0.1, -0.05) is 19.1 Å². The highest BCUT2D eigenvalue weighted by molar-refractivity contribution is 5.49. The zero-order valence-corrected chi connectivity index (χ0v) is 10.6. The van der Waals surface area contributed by atoms with E-state index in [2.05, 4.69) is 24.0 Å². The number of nitrogens with zero attached hydrogens (tertiary/aromatic N) is 1. The minimum Gasteiger partial charge on any atom is -0.389 e. The van der Waals surface area contributed by atoms with Crippen LogP contribution in [0.5, 0.6) is 0 Å². The van der Waals surface area contributed by atoms with Gasteiger partial charge in [-0.2, -0.15) is 0 Å². The third kappa shape index (κ3) is 2.79. The molecule has 17 heavy (non-hydrogen) atoms. The van der Waals surface area contributed by atoms with E-state index in [9.17, 15) is 5.11 Å². The van der Waals surface area contributed by atoms with Gasteiger partial charge in [0.25, 0.3) is 0 Å². The number of hydrogen-bond donors (Lipinski definition) is 1. The number of morpholine rings is 1. The van der Waals surface area contributed by atoms with E-state index in [1.54, 1.807) is 6.92 Å². The fraction of sp³-hybridized carbons (Fsp3) is 0.571. The number of aliphatic hydroxyl groups is 1. The van der Waals surface area contributed by atoms with Gasteiger partial charge in [0, 0.05) is 12.2 Å². The quantitative estimate of drug-likeness (QED) is 0.873. The van der Waals surface area contributed by atoms with E-state index in [0.717, 1.165) is 31.7 Å². The Morgan fingerprint density at radius 3 is 2.71 bits per heavy atom. The first-order chi connectivity index (χ1) is 8.22. The Hall–Kier alpha value is -1.06. The maximum Gasteiger partial charge on any atom is 0.0761 e. The second-order valence-corrected chi connectivity index (χ2v) is 4.60. The van der Waals surface area contributed by atoms with Crippen LogP contribution in [0.3, 0.4) is 0 Å². The van der Waals surface area contributed by atoms with Crippen molar-refractivity contribution >= 4 is 5.69 Å². The molecule has 0 spiro atoms. The molecule has 2 atom stereocenters. The van der Waals surface area contributed by atoms with Crippen LogP contribution in [0.25, 0.3) is 0 Å². The van der Waals surface area contributed by atoms with E-state index >= 15 is 0 Å². The molecule has 1 aliphatic heterocycles. The number of ether oxygens (including phenoxy) is 1. The number of anilines is 1. The smallest absolute Gasteiger partial charge is 0.0761 e. The third-order valence-corrected chi connectivity index (χ3v) is 3.41. The molecule has 0 aromatic heterocycles. The highest BCUT2D eigenvalue weighted by atomic mass is 16.5. The van der Waals surface area contributed by atoms with Crippen molar-refractivity contribution in [2.45, 2.75) is 32.4 Å². The lowest BCUT2D eigenvalue weighted by molar-refractivity contribution is 0.0930. The Labute approximate surface area is 103 Å². The maximum absolute atomic E-state index is 9.49. The largest absolute Gasteiger partial charge is 0.389 e. The van der Waals surface area contributed by atoms with Gasteiger partial charge in [-0.05, 0) is 31.0 Å². The molecule has 1 unspecified atom stereocenters. The summed E-state index contributed by atoms with van der Waals surface area (Å²) in [5.74, 6) is 0. The number of rotatable bonds is 3. The Balaban J connectivity index is 2.15. The molecule has 0 bridgehead atoms. The molecule has 3 nitrogen and oxygen atoms in total. The molecule has 2 rings (SSSR count). The SMILES string of the molecule is CCC1COCCN1c1ccc([C@H](C)O)cc1. The Morgan fingerprint density at radius 2 is 2.12 bits per heavy atom. The summed E-state index contributed by atoms with van der Waals surface area (Å²) in [6.45, 7) is 6.55. The first-order valence-corrected chi connectivity index (χ1v) is 6.34. The molecule has 1 heterocycles. The Morgan fingerprint density at radius 1 is 1.41 bits per heavy atom. The lowest BCUT2D eigenvalue weighted by atomic mass is 10.1. The van der Waals surface area contributed by atoms with Gasteiger partial charge in [0.15, 0.2) is 0 Å². The van der Waals surface area contributed by atoms with Crippen LogP contribution in [0.1, 0.15) is 31.9 Å². The van der Waals surface area contributed by atoms with Gasteiger partial charge >= 0.3 is 0 Å². The molecular formula is C14H21NO2. The molecule has 3 heteroatoms. The van der Waals surface area contributed by atoms with Gasteiger partial charge < -0.3 is 14.7 Å². The van der Waals surface area contributed by atoms with Crippen molar-refractivity contribution in [2.24, 2.45) is 0 Å². The summed E-state index contributed by atoms with van der Waals surface area (Å²) in [4.78, 5) is 2.40. The van der Waals surface area contributed by atoms with Crippen molar-refractivity contribution < 1.29 is 9.84 Å². The lowest BCUT2D eigenvalue weighted by Gasteiger charge is -2.37. The van der Waals surface area contributed by atoms with Crippen LogP contribution in [0.15, 0.2) is 24.3 Å². The van der Waals surface area contributed by atoms with E-state index < -0.39 is 6.10 Å². The van der Waals surface area contributed by atoms with Crippen LogP contribution >= 0.6 is 0 Å². The molecule has 1 fully saturated rings. The predicted molar refractivity (Wildman–Crippen MR) is 69.3 cm³/mol. The van der Waals surface area contributed by atoms with Crippen LogP contribution in [0.2, 0.25) is 0 Å². The van der Waals surface area contributed by atoms with Crippen molar-refractivity contribution in [2.75, 3.05) is 24.7 Å². The van der Waals surface area contributed by atoms with Gasteiger partial charge in [-0.15, -0.1) is 0 Å². The second kappa shape index (κ2) is 5.52. The summed E-state index contributed by atoms with van der Waals surface area (Å²) in [7, 11) is 0. The standard InChI is InChI=1S/C14H21NO2/c1-3-13-10-17-9-8-15(13)14-6-4-12(5-7-14)11(2)16/h4-7,11,13,16H,3,8-10H2,1-2H3/t11-,13?/m0/s1. The van der Waals surface area contributed by atoms with Crippen molar-refractivity contribution in [3.63, 3.8) is 0 Å². The molecule has 1 aliphatic rings. The van der Waals surface area contributed by atoms with E-state index in [0.29, 0.717) is 6.04 Å². The van der Waals surface area contributed by atoms with E-state index in [1.807, 2.05) is 12.1 Å². The summed E-state index contributed by atoms with van der Waals surface area (Å²) >= 11 is 0. The van der Waals surface area contributed by atoms with E-state index in [1.165, 1.54) is 5.69 Å². The monoisotopic (exact) mass is 235 g/mol. The van der Waals surface area contributed by atoms with Crippen molar-refractivity contribution in [3.05, 3.63) is 29.8 Å². The fourth-order valence-electron chi connectivity index (χ4n) is 2.28. The Kier molecular flexibility index (Phi) is 4.02. The molecular weight excluding hydrogens is 214 g/mol. The Bertz CT molecular complexity index is 348. The van der Waals surface area contributed by atoms with E-state index in [-0.39, 0.29) is 0 Å². The average Bonchev–Trinajstić information content (AvgIpc) is 2.39. The number of hydrogen-bond acceptors (Lipinski definition) is 3. The zero-order chi connectivity index (χ0) is 12.3. The highest BCUT2D eigenvalue weighted by Gasteiger charge is 2.21. The van der Waals surface area contributed by atoms with Gasteiger partial charge in [0.2, 0.25) is 0 Å². The third-order valence-electron chi connectivity index (χ3n) is 3.41. The summed E-state index contributed by atoms with van der Waals surface area (Å²) in [6, 6.07) is 8.66. The van der Waals surface area contributed by atoms with Crippen LogP contribution in [-0.2, 0) is 4.74 Å². The molecule has 1 N–H and O–H groups in total. The van der Waals surface area contributed by atoms with Crippen LogP contribution in [0, 0.1) is 0 Å². The van der Waals surface area contributed by atoms with Crippen molar-refractivity contribution in [3.8, 4) is 0 Å². The molecule has 1 aromatic carbocycles. The normalized spacial score (nSPS) is 22.5. The van der Waals surface area contributed by atoms with E-state index in [4.69, 9.17) is 4.74 Å². The zero-order valence-electron chi connectivity index (χ0n) is 10.6. The molecule has 0 amide bonds. The average molecular weight is 235 g/mol. The van der Waals surface area contributed by atoms with Gasteiger partial charge in [0.05, 0.1) is 25.4 Å². The summed E-state index contributed by atoms with van der Waals surface area (Å²) in [5, 5.41) is 9.49. The number of benzene rings is 1. The summed E-state index contributed by atoms with van der Waals surface area (Å²) in [6.07, 6.45) is 0.703.